The minimum absolute atomic E-state index is 0.0690. The van der Waals surface area contributed by atoms with Gasteiger partial charge in [0.15, 0.2) is 0 Å². The van der Waals surface area contributed by atoms with Gasteiger partial charge in [-0.25, -0.2) is 0 Å². The van der Waals surface area contributed by atoms with Crippen molar-refractivity contribution in [1.82, 2.24) is 0 Å². The van der Waals surface area contributed by atoms with E-state index in [0.717, 1.165) is 0 Å². The van der Waals surface area contributed by atoms with Crippen LogP contribution in [0.2, 0.25) is 0 Å². The average Bonchev–Trinajstić information content (AvgIpc) is 2.57. The van der Waals surface area contributed by atoms with E-state index in [1.807, 2.05) is 24.3 Å². The van der Waals surface area contributed by atoms with E-state index in [2.05, 4.69) is 20.8 Å². The van der Waals surface area contributed by atoms with Crippen LogP contribution in [-0.2, 0) is 5.41 Å². The van der Waals surface area contributed by atoms with E-state index < -0.39 is 0 Å². The van der Waals surface area contributed by atoms with Crippen LogP contribution < -0.4 is 14.9 Å². The third-order valence-corrected chi connectivity index (χ3v) is 3.90. The molecule has 0 fully saturated rings. The fourth-order valence-corrected chi connectivity index (χ4v) is 2.44. The van der Waals surface area contributed by atoms with Gasteiger partial charge in [-0.05, 0) is 35.2 Å². The molecule has 1 heterocycles. The highest BCUT2D eigenvalue weighted by atomic mass is 16.5. The van der Waals surface area contributed by atoms with Crippen molar-refractivity contribution in [2.24, 2.45) is 0 Å². The number of fused-ring (bicyclic) bond motifs is 1. The Hall–Kier alpha value is -2.75. The molecule has 0 aliphatic rings. The van der Waals surface area contributed by atoms with Gasteiger partial charge in [0.05, 0.1) is 12.5 Å². The Morgan fingerprint density at radius 2 is 1.62 bits per heavy atom. The predicted molar refractivity (Wildman–Crippen MR) is 94.3 cm³/mol. The maximum Gasteiger partial charge on any atom is 0.235 e. The summed E-state index contributed by atoms with van der Waals surface area (Å²) in [6, 6.07) is 12.8. The monoisotopic (exact) mass is 324 g/mol. The van der Waals surface area contributed by atoms with Crippen molar-refractivity contribution >= 4 is 11.0 Å². The molecule has 124 valence electrons. The van der Waals surface area contributed by atoms with Gasteiger partial charge in [-0.15, -0.1) is 0 Å². The third kappa shape index (κ3) is 3.13. The molecule has 0 amide bonds. The molecule has 0 saturated carbocycles. The number of rotatable bonds is 3. The van der Waals surface area contributed by atoms with Crippen LogP contribution in [0.15, 0.2) is 57.9 Å². The van der Waals surface area contributed by atoms with Crippen LogP contribution in [0.4, 0.5) is 0 Å². The van der Waals surface area contributed by atoms with E-state index in [0.29, 0.717) is 22.5 Å². The number of ether oxygens (including phenoxy) is 2. The van der Waals surface area contributed by atoms with Gasteiger partial charge in [0.2, 0.25) is 11.2 Å². The zero-order chi connectivity index (χ0) is 17.3. The minimum Gasteiger partial charge on any atom is -0.497 e. The topological polar surface area (TPSA) is 48.7 Å². The molecule has 0 saturated heterocycles. The predicted octanol–water partition coefficient (Wildman–Crippen LogP) is 4.89. The fourth-order valence-electron chi connectivity index (χ4n) is 2.44. The molecule has 2 aromatic carbocycles. The average molecular weight is 324 g/mol. The molecule has 1 aromatic heterocycles. The lowest BCUT2D eigenvalue weighted by atomic mass is 9.87. The van der Waals surface area contributed by atoms with Crippen LogP contribution in [0, 0.1) is 0 Å². The van der Waals surface area contributed by atoms with Gasteiger partial charge in [0, 0.05) is 6.07 Å². The Bertz CT molecular complexity index is 915. The lowest BCUT2D eigenvalue weighted by Gasteiger charge is -2.19. The molecule has 24 heavy (non-hydrogen) atoms. The highest BCUT2D eigenvalue weighted by molar-refractivity contribution is 5.79. The summed E-state index contributed by atoms with van der Waals surface area (Å²) in [5.74, 6) is 1.40. The molecule has 0 aliphatic carbocycles. The van der Waals surface area contributed by atoms with E-state index in [4.69, 9.17) is 13.9 Å². The SMILES string of the molecule is COc1ccc2c(=O)c(Oc3ccc(C(C)(C)C)cc3)coc2c1. The van der Waals surface area contributed by atoms with Gasteiger partial charge in [0.25, 0.3) is 0 Å². The first kappa shape index (κ1) is 16.1. The second-order valence-electron chi connectivity index (χ2n) is 6.67. The number of hydrogen-bond donors (Lipinski definition) is 0. The fraction of sp³-hybridized carbons (Fsp3) is 0.250. The van der Waals surface area contributed by atoms with E-state index in [-0.39, 0.29) is 16.6 Å². The van der Waals surface area contributed by atoms with E-state index in [1.165, 1.54) is 11.8 Å². The van der Waals surface area contributed by atoms with Gasteiger partial charge >= 0.3 is 0 Å². The number of methoxy groups -OCH3 is 1. The van der Waals surface area contributed by atoms with Gasteiger partial charge < -0.3 is 13.9 Å². The van der Waals surface area contributed by atoms with Crippen LogP contribution >= 0.6 is 0 Å². The molecule has 4 heteroatoms. The second kappa shape index (κ2) is 6.04. The molecule has 0 radical (unpaired) electrons. The summed E-state index contributed by atoms with van der Waals surface area (Å²) in [5, 5.41) is 0.458. The molecule has 0 atom stereocenters. The van der Waals surface area contributed by atoms with Crippen LogP contribution in [0.25, 0.3) is 11.0 Å². The van der Waals surface area contributed by atoms with Crippen molar-refractivity contribution in [3.63, 3.8) is 0 Å². The molecule has 3 rings (SSSR count). The maximum atomic E-state index is 12.5. The van der Waals surface area contributed by atoms with Gasteiger partial charge in [-0.3, -0.25) is 4.79 Å². The standard InChI is InChI=1S/C20H20O4/c1-20(2,3)13-5-7-14(8-6-13)24-18-12-23-17-11-15(22-4)9-10-16(17)19(18)21/h5-12H,1-4H3. The Balaban J connectivity index is 1.93. The Kier molecular flexibility index (Phi) is 4.06. The highest BCUT2D eigenvalue weighted by Gasteiger charge is 2.14. The first-order chi connectivity index (χ1) is 11.4. The summed E-state index contributed by atoms with van der Waals surface area (Å²) < 4.78 is 16.3. The second-order valence-corrected chi connectivity index (χ2v) is 6.67. The zero-order valence-corrected chi connectivity index (χ0v) is 14.3. The van der Waals surface area contributed by atoms with Crippen molar-refractivity contribution in [1.29, 1.82) is 0 Å². The highest BCUT2D eigenvalue weighted by Crippen LogP contribution is 2.27. The van der Waals surface area contributed by atoms with Crippen LogP contribution in [0.3, 0.4) is 0 Å². The first-order valence-corrected chi connectivity index (χ1v) is 7.76. The zero-order valence-electron chi connectivity index (χ0n) is 14.3. The Morgan fingerprint density at radius 1 is 0.958 bits per heavy atom. The van der Waals surface area contributed by atoms with Gasteiger partial charge in [-0.1, -0.05) is 32.9 Å². The summed E-state index contributed by atoms with van der Waals surface area (Å²) >= 11 is 0. The molecule has 0 aliphatic heterocycles. The lowest BCUT2D eigenvalue weighted by Crippen LogP contribution is -2.10. The summed E-state index contributed by atoms with van der Waals surface area (Å²) in [4.78, 5) is 12.5. The van der Waals surface area contributed by atoms with Gasteiger partial charge in [-0.2, -0.15) is 0 Å². The van der Waals surface area contributed by atoms with Crippen molar-refractivity contribution in [2.45, 2.75) is 26.2 Å². The molecule has 3 aromatic rings. The van der Waals surface area contributed by atoms with Crippen LogP contribution in [0.1, 0.15) is 26.3 Å². The molecule has 0 N–H and O–H groups in total. The van der Waals surface area contributed by atoms with Crippen LogP contribution in [0.5, 0.6) is 17.2 Å². The van der Waals surface area contributed by atoms with E-state index in [1.54, 1.807) is 25.3 Å². The summed E-state index contributed by atoms with van der Waals surface area (Å²) in [5.41, 5.74) is 1.53. The van der Waals surface area contributed by atoms with E-state index >= 15 is 0 Å². The molecular weight excluding hydrogens is 304 g/mol. The molecule has 4 nitrogen and oxygen atoms in total. The number of benzene rings is 2. The minimum atomic E-state index is -0.209. The summed E-state index contributed by atoms with van der Waals surface area (Å²) in [7, 11) is 1.57. The largest absolute Gasteiger partial charge is 0.497 e. The summed E-state index contributed by atoms with van der Waals surface area (Å²) in [6.45, 7) is 6.44. The summed E-state index contributed by atoms with van der Waals surface area (Å²) in [6.07, 6.45) is 1.34. The molecule has 0 spiro atoms. The van der Waals surface area contributed by atoms with Crippen LogP contribution in [-0.4, -0.2) is 7.11 Å². The van der Waals surface area contributed by atoms with Crippen molar-refractivity contribution < 1.29 is 13.9 Å². The van der Waals surface area contributed by atoms with E-state index in [9.17, 15) is 4.79 Å². The normalized spacial score (nSPS) is 11.5. The lowest BCUT2D eigenvalue weighted by molar-refractivity contribution is 0.413. The first-order valence-electron chi connectivity index (χ1n) is 7.76. The Labute approximate surface area is 140 Å². The Morgan fingerprint density at radius 3 is 2.25 bits per heavy atom. The molecule has 0 bridgehead atoms. The van der Waals surface area contributed by atoms with Crippen molar-refractivity contribution in [3.8, 4) is 17.2 Å². The quantitative estimate of drug-likeness (QED) is 0.688. The van der Waals surface area contributed by atoms with Crippen molar-refractivity contribution in [3.05, 3.63) is 64.5 Å². The molecule has 0 unspecified atom stereocenters. The third-order valence-electron chi connectivity index (χ3n) is 3.90. The number of hydrogen-bond acceptors (Lipinski definition) is 4. The maximum absolute atomic E-state index is 12.5. The smallest absolute Gasteiger partial charge is 0.235 e. The molecular formula is C20H20O4. The van der Waals surface area contributed by atoms with Gasteiger partial charge in [0.1, 0.15) is 23.3 Å². The van der Waals surface area contributed by atoms with Crippen molar-refractivity contribution in [2.75, 3.05) is 7.11 Å².